The molecule has 2 rings (SSSR count). The van der Waals surface area contributed by atoms with Crippen LogP contribution in [0.25, 0.3) is 0 Å². The molecule has 1 fully saturated rings. The van der Waals surface area contributed by atoms with Gasteiger partial charge in [0.25, 0.3) is 5.91 Å². The minimum absolute atomic E-state index is 0.179. The normalized spacial score (nSPS) is 18.4. The Bertz CT molecular complexity index is 383. The Labute approximate surface area is 101 Å². The highest BCUT2D eigenvalue weighted by molar-refractivity contribution is 5.92. The Morgan fingerprint density at radius 3 is 2.88 bits per heavy atom. The number of amides is 1. The number of hydrogen-bond acceptors (Lipinski definition) is 3. The van der Waals surface area contributed by atoms with Gasteiger partial charge in [-0.25, -0.2) is 0 Å². The molecule has 94 valence electrons. The lowest BCUT2D eigenvalue weighted by Gasteiger charge is -2.21. The van der Waals surface area contributed by atoms with Gasteiger partial charge in [-0.1, -0.05) is 12.8 Å². The third kappa shape index (κ3) is 2.85. The molecule has 1 aromatic rings. The van der Waals surface area contributed by atoms with E-state index in [1.54, 1.807) is 18.0 Å². The Kier molecular flexibility index (Phi) is 3.78. The Morgan fingerprint density at radius 1 is 1.65 bits per heavy atom. The first-order valence-electron chi connectivity index (χ1n) is 6.05. The van der Waals surface area contributed by atoms with Crippen molar-refractivity contribution in [3.63, 3.8) is 0 Å². The van der Waals surface area contributed by atoms with Crippen LogP contribution in [0.4, 0.5) is 0 Å². The van der Waals surface area contributed by atoms with Crippen molar-refractivity contribution in [2.75, 3.05) is 7.11 Å². The van der Waals surface area contributed by atoms with Crippen molar-refractivity contribution in [3.8, 4) is 0 Å². The monoisotopic (exact) mass is 237 g/mol. The summed E-state index contributed by atoms with van der Waals surface area (Å²) in [5.74, 6) is 0.173. The third-order valence-corrected chi connectivity index (χ3v) is 3.51. The SMILES string of the molecule is COC(Cn1cc(C(N)=O)cn1)C1CCCC1. The summed E-state index contributed by atoms with van der Waals surface area (Å²) in [4.78, 5) is 11.0. The molecule has 1 aromatic heterocycles. The molecule has 1 unspecified atom stereocenters. The first-order chi connectivity index (χ1) is 8.20. The first kappa shape index (κ1) is 12.1. The molecule has 5 heteroatoms. The summed E-state index contributed by atoms with van der Waals surface area (Å²) in [6, 6.07) is 0. The van der Waals surface area contributed by atoms with Crippen LogP contribution in [0.2, 0.25) is 0 Å². The molecule has 1 amide bonds. The molecule has 5 nitrogen and oxygen atoms in total. The molecule has 0 spiro atoms. The predicted molar refractivity (Wildman–Crippen MR) is 63.5 cm³/mol. The van der Waals surface area contributed by atoms with Crippen LogP contribution < -0.4 is 5.73 Å². The van der Waals surface area contributed by atoms with E-state index in [0.717, 1.165) is 0 Å². The zero-order valence-corrected chi connectivity index (χ0v) is 10.1. The molecule has 0 aromatic carbocycles. The molecule has 1 saturated carbocycles. The van der Waals surface area contributed by atoms with E-state index < -0.39 is 5.91 Å². The Hall–Kier alpha value is -1.36. The number of nitrogens with zero attached hydrogens (tertiary/aromatic N) is 2. The lowest BCUT2D eigenvalue weighted by Crippen LogP contribution is -2.26. The van der Waals surface area contributed by atoms with Gasteiger partial charge in [-0.15, -0.1) is 0 Å². The van der Waals surface area contributed by atoms with Gasteiger partial charge in [0, 0.05) is 13.3 Å². The molecule has 1 atom stereocenters. The molecule has 17 heavy (non-hydrogen) atoms. The van der Waals surface area contributed by atoms with Crippen LogP contribution in [0.1, 0.15) is 36.0 Å². The number of aromatic nitrogens is 2. The van der Waals surface area contributed by atoms with Crippen molar-refractivity contribution in [2.24, 2.45) is 11.7 Å². The number of nitrogens with two attached hydrogens (primary N) is 1. The summed E-state index contributed by atoms with van der Waals surface area (Å²) in [6.45, 7) is 0.689. The highest BCUT2D eigenvalue weighted by atomic mass is 16.5. The van der Waals surface area contributed by atoms with Crippen LogP contribution in [0, 0.1) is 5.92 Å². The zero-order valence-electron chi connectivity index (χ0n) is 10.1. The van der Waals surface area contributed by atoms with E-state index in [4.69, 9.17) is 10.5 Å². The van der Waals surface area contributed by atoms with Crippen LogP contribution in [0.3, 0.4) is 0 Å². The van der Waals surface area contributed by atoms with E-state index in [9.17, 15) is 4.79 Å². The molecular weight excluding hydrogens is 218 g/mol. The van der Waals surface area contributed by atoms with Gasteiger partial charge in [-0.05, 0) is 18.8 Å². The zero-order chi connectivity index (χ0) is 12.3. The molecule has 0 aliphatic heterocycles. The number of carbonyl (C=O) groups is 1. The van der Waals surface area contributed by atoms with Crippen LogP contribution >= 0.6 is 0 Å². The molecule has 0 saturated heterocycles. The van der Waals surface area contributed by atoms with Gasteiger partial charge in [0.05, 0.1) is 24.4 Å². The molecule has 1 aliphatic rings. The predicted octanol–water partition coefficient (Wildman–Crippen LogP) is 1.19. The van der Waals surface area contributed by atoms with E-state index in [1.807, 2.05) is 0 Å². The Morgan fingerprint density at radius 2 is 2.35 bits per heavy atom. The van der Waals surface area contributed by atoms with Crippen molar-refractivity contribution in [3.05, 3.63) is 18.0 Å². The van der Waals surface area contributed by atoms with Crippen LogP contribution in [0.5, 0.6) is 0 Å². The molecule has 0 bridgehead atoms. The number of rotatable bonds is 5. The number of methoxy groups -OCH3 is 1. The van der Waals surface area contributed by atoms with E-state index in [2.05, 4.69) is 5.10 Å². The van der Waals surface area contributed by atoms with Gasteiger partial charge in [0.1, 0.15) is 0 Å². The fourth-order valence-corrected chi connectivity index (χ4v) is 2.52. The summed E-state index contributed by atoms with van der Waals surface area (Å²) in [5.41, 5.74) is 5.64. The minimum atomic E-state index is -0.439. The van der Waals surface area contributed by atoms with Crippen molar-refractivity contribution < 1.29 is 9.53 Å². The molecule has 2 N–H and O–H groups in total. The van der Waals surface area contributed by atoms with E-state index in [-0.39, 0.29) is 6.10 Å². The van der Waals surface area contributed by atoms with Crippen molar-refractivity contribution in [1.82, 2.24) is 9.78 Å². The summed E-state index contributed by atoms with van der Waals surface area (Å²) in [5, 5.41) is 4.13. The minimum Gasteiger partial charge on any atom is -0.379 e. The second-order valence-corrected chi connectivity index (χ2v) is 4.63. The molecule has 1 heterocycles. The largest absolute Gasteiger partial charge is 0.379 e. The number of ether oxygens (including phenoxy) is 1. The van der Waals surface area contributed by atoms with E-state index in [0.29, 0.717) is 18.0 Å². The average Bonchev–Trinajstić information content (AvgIpc) is 2.96. The second-order valence-electron chi connectivity index (χ2n) is 4.63. The fourth-order valence-electron chi connectivity index (χ4n) is 2.52. The van der Waals surface area contributed by atoms with E-state index in [1.165, 1.54) is 31.9 Å². The van der Waals surface area contributed by atoms with E-state index >= 15 is 0 Å². The van der Waals surface area contributed by atoms with Crippen molar-refractivity contribution >= 4 is 5.91 Å². The van der Waals surface area contributed by atoms with Crippen LogP contribution in [-0.4, -0.2) is 28.9 Å². The summed E-state index contributed by atoms with van der Waals surface area (Å²) < 4.78 is 7.27. The van der Waals surface area contributed by atoms with Gasteiger partial charge in [-0.3, -0.25) is 9.48 Å². The van der Waals surface area contributed by atoms with Crippen LogP contribution in [-0.2, 0) is 11.3 Å². The maximum absolute atomic E-state index is 11.0. The molecule has 0 radical (unpaired) electrons. The highest BCUT2D eigenvalue weighted by Crippen LogP contribution is 2.29. The average molecular weight is 237 g/mol. The topological polar surface area (TPSA) is 70.1 Å². The Balaban J connectivity index is 1.99. The maximum atomic E-state index is 11.0. The summed E-state index contributed by atoms with van der Waals surface area (Å²) >= 11 is 0. The number of primary amides is 1. The second kappa shape index (κ2) is 5.31. The molecule has 1 aliphatic carbocycles. The maximum Gasteiger partial charge on any atom is 0.251 e. The van der Waals surface area contributed by atoms with Crippen molar-refractivity contribution in [2.45, 2.75) is 38.3 Å². The van der Waals surface area contributed by atoms with Gasteiger partial charge in [0.2, 0.25) is 0 Å². The summed E-state index contributed by atoms with van der Waals surface area (Å²) in [7, 11) is 1.74. The number of hydrogen-bond donors (Lipinski definition) is 1. The van der Waals surface area contributed by atoms with Crippen molar-refractivity contribution in [1.29, 1.82) is 0 Å². The fraction of sp³-hybridized carbons (Fsp3) is 0.667. The van der Waals surface area contributed by atoms with Gasteiger partial charge in [-0.2, -0.15) is 5.10 Å². The van der Waals surface area contributed by atoms with Crippen LogP contribution in [0.15, 0.2) is 12.4 Å². The first-order valence-corrected chi connectivity index (χ1v) is 6.05. The highest BCUT2D eigenvalue weighted by Gasteiger charge is 2.25. The quantitative estimate of drug-likeness (QED) is 0.836. The summed E-state index contributed by atoms with van der Waals surface area (Å²) in [6.07, 6.45) is 8.39. The molecular formula is C12H19N3O2. The third-order valence-electron chi connectivity index (χ3n) is 3.51. The smallest absolute Gasteiger partial charge is 0.251 e. The van der Waals surface area contributed by atoms with Gasteiger partial charge >= 0.3 is 0 Å². The number of carbonyl (C=O) groups excluding carboxylic acids is 1. The van der Waals surface area contributed by atoms with Gasteiger partial charge < -0.3 is 10.5 Å². The lowest BCUT2D eigenvalue weighted by molar-refractivity contribution is 0.0381. The standard InChI is InChI=1S/C12H19N3O2/c1-17-11(9-4-2-3-5-9)8-15-7-10(6-14-15)12(13)16/h6-7,9,11H,2-5,8H2,1H3,(H2,13,16). The van der Waals surface area contributed by atoms with Gasteiger partial charge in [0.15, 0.2) is 0 Å². The lowest BCUT2D eigenvalue weighted by atomic mass is 10.0.